The fourth-order valence-electron chi connectivity index (χ4n) is 2.76. The first-order chi connectivity index (χ1) is 11.6. The van der Waals surface area contributed by atoms with Crippen LogP contribution in [-0.4, -0.2) is 21.6 Å². The van der Waals surface area contributed by atoms with Crippen LogP contribution < -0.4 is 5.01 Å². The van der Waals surface area contributed by atoms with Crippen molar-refractivity contribution < 1.29 is 4.79 Å². The SMILES string of the molecule is CCCCC1C(=O)N(c2ccc(Cl)c(Cl)c2)N=C1Cc1ncc[nH]1. The summed E-state index contributed by atoms with van der Waals surface area (Å²) in [7, 11) is 0. The summed E-state index contributed by atoms with van der Waals surface area (Å²) in [5.74, 6) is 0.562. The van der Waals surface area contributed by atoms with Gasteiger partial charge >= 0.3 is 0 Å². The van der Waals surface area contributed by atoms with E-state index < -0.39 is 0 Å². The summed E-state index contributed by atoms with van der Waals surface area (Å²) in [5, 5.41) is 6.85. The Hall–Kier alpha value is -1.85. The van der Waals surface area contributed by atoms with Crippen molar-refractivity contribution in [3.63, 3.8) is 0 Å². The smallest absolute Gasteiger partial charge is 0.256 e. The number of anilines is 1. The number of hydrogen-bond donors (Lipinski definition) is 1. The van der Waals surface area contributed by atoms with Gasteiger partial charge in [0.05, 0.1) is 27.4 Å². The van der Waals surface area contributed by atoms with Crippen molar-refractivity contribution in [1.82, 2.24) is 9.97 Å². The molecule has 1 atom stereocenters. The molecular formula is C17H18Cl2N4O. The first-order valence-corrected chi connectivity index (χ1v) is 8.70. The maximum absolute atomic E-state index is 12.9. The van der Waals surface area contributed by atoms with Gasteiger partial charge < -0.3 is 4.98 Å². The van der Waals surface area contributed by atoms with Crippen molar-refractivity contribution in [2.24, 2.45) is 11.0 Å². The largest absolute Gasteiger partial charge is 0.348 e. The maximum Gasteiger partial charge on any atom is 0.256 e. The van der Waals surface area contributed by atoms with Crippen LogP contribution >= 0.6 is 23.2 Å². The van der Waals surface area contributed by atoms with Crippen LogP contribution in [0.1, 0.15) is 32.0 Å². The summed E-state index contributed by atoms with van der Waals surface area (Å²) in [6.07, 6.45) is 6.79. The number of carbonyl (C=O) groups excluding carboxylic acids is 1. The van der Waals surface area contributed by atoms with Gasteiger partial charge in [0, 0.05) is 18.8 Å². The van der Waals surface area contributed by atoms with E-state index in [9.17, 15) is 4.79 Å². The molecule has 7 heteroatoms. The van der Waals surface area contributed by atoms with Gasteiger partial charge in [0.1, 0.15) is 5.82 Å². The average molecular weight is 365 g/mol. The van der Waals surface area contributed by atoms with Crippen molar-refractivity contribution in [2.45, 2.75) is 32.6 Å². The second kappa shape index (κ2) is 7.36. The number of nitrogens with zero attached hydrogens (tertiary/aromatic N) is 3. The lowest BCUT2D eigenvalue weighted by Gasteiger charge is -2.15. The highest BCUT2D eigenvalue weighted by Gasteiger charge is 2.36. The minimum absolute atomic E-state index is 0.0246. The Morgan fingerprint density at radius 2 is 2.12 bits per heavy atom. The number of hydrogen-bond acceptors (Lipinski definition) is 3. The Bertz CT molecular complexity index is 758. The maximum atomic E-state index is 12.9. The summed E-state index contributed by atoms with van der Waals surface area (Å²) < 4.78 is 0. The molecule has 1 N–H and O–H groups in total. The van der Waals surface area contributed by atoms with E-state index in [-0.39, 0.29) is 11.8 Å². The number of rotatable bonds is 6. The Balaban J connectivity index is 1.89. The fourth-order valence-corrected chi connectivity index (χ4v) is 3.05. The second-order valence-electron chi connectivity index (χ2n) is 5.75. The average Bonchev–Trinajstić information content (AvgIpc) is 3.17. The summed E-state index contributed by atoms with van der Waals surface area (Å²) in [4.78, 5) is 20.2. The summed E-state index contributed by atoms with van der Waals surface area (Å²) >= 11 is 12.0. The monoisotopic (exact) mass is 364 g/mol. The number of aromatic amines is 1. The molecule has 0 saturated carbocycles. The van der Waals surface area contributed by atoms with E-state index in [0.29, 0.717) is 22.2 Å². The van der Waals surface area contributed by atoms with Gasteiger partial charge in [-0.05, 0) is 24.6 Å². The second-order valence-corrected chi connectivity index (χ2v) is 6.56. The van der Waals surface area contributed by atoms with Crippen LogP contribution in [0.4, 0.5) is 5.69 Å². The van der Waals surface area contributed by atoms with Gasteiger partial charge in [-0.25, -0.2) is 9.99 Å². The summed E-state index contributed by atoms with van der Waals surface area (Å²) in [6.45, 7) is 2.11. The quantitative estimate of drug-likeness (QED) is 0.821. The molecule has 0 bridgehead atoms. The van der Waals surface area contributed by atoms with E-state index in [1.54, 1.807) is 30.6 Å². The molecule has 0 saturated heterocycles. The predicted molar refractivity (Wildman–Crippen MR) is 96.7 cm³/mol. The van der Waals surface area contributed by atoms with Crippen molar-refractivity contribution in [1.29, 1.82) is 0 Å². The number of aromatic nitrogens is 2. The number of carbonyl (C=O) groups is 1. The number of unbranched alkanes of at least 4 members (excludes halogenated alkanes) is 1. The number of benzene rings is 1. The minimum atomic E-state index is -0.218. The Morgan fingerprint density at radius 3 is 2.79 bits per heavy atom. The molecule has 2 heterocycles. The minimum Gasteiger partial charge on any atom is -0.348 e. The molecule has 3 rings (SSSR count). The molecule has 1 aliphatic heterocycles. The molecule has 0 fully saturated rings. The van der Waals surface area contributed by atoms with Crippen molar-refractivity contribution in [3.8, 4) is 0 Å². The predicted octanol–water partition coefficient (Wildman–Crippen LogP) is 4.47. The lowest BCUT2D eigenvalue weighted by molar-refractivity contribution is -0.119. The number of hydrazone groups is 1. The number of amides is 1. The lowest BCUT2D eigenvalue weighted by Crippen LogP contribution is -2.28. The Morgan fingerprint density at radius 1 is 1.29 bits per heavy atom. The van der Waals surface area contributed by atoms with E-state index in [4.69, 9.17) is 23.2 Å². The first-order valence-electron chi connectivity index (χ1n) is 7.94. The van der Waals surface area contributed by atoms with Gasteiger partial charge in [0.25, 0.3) is 5.91 Å². The summed E-state index contributed by atoms with van der Waals surface area (Å²) in [5.41, 5.74) is 1.46. The molecule has 126 valence electrons. The van der Waals surface area contributed by atoms with Crippen LogP contribution in [0.5, 0.6) is 0 Å². The Kier molecular flexibility index (Phi) is 5.21. The molecule has 1 aromatic heterocycles. The van der Waals surface area contributed by atoms with Crippen molar-refractivity contribution in [3.05, 3.63) is 46.5 Å². The van der Waals surface area contributed by atoms with E-state index in [2.05, 4.69) is 22.0 Å². The molecule has 1 amide bonds. The Labute approximate surface area is 150 Å². The third kappa shape index (κ3) is 3.47. The van der Waals surface area contributed by atoms with E-state index in [0.717, 1.165) is 30.8 Å². The van der Waals surface area contributed by atoms with Crippen molar-refractivity contribution >= 4 is 40.5 Å². The zero-order chi connectivity index (χ0) is 17.1. The number of halogens is 2. The normalized spacial score (nSPS) is 17.5. The van der Waals surface area contributed by atoms with Crippen LogP contribution in [0.15, 0.2) is 35.7 Å². The lowest BCUT2D eigenvalue weighted by atomic mass is 9.94. The molecule has 1 unspecified atom stereocenters. The zero-order valence-electron chi connectivity index (χ0n) is 13.3. The van der Waals surface area contributed by atoms with E-state index >= 15 is 0 Å². The fraction of sp³-hybridized carbons (Fsp3) is 0.353. The molecule has 24 heavy (non-hydrogen) atoms. The van der Waals surface area contributed by atoms with Crippen LogP contribution in [0.2, 0.25) is 10.0 Å². The van der Waals surface area contributed by atoms with Gasteiger partial charge in [0.2, 0.25) is 0 Å². The third-order valence-electron chi connectivity index (χ3n) is 4.04. The van der Waals surface area contributed by atoms with Crippen LogP contribution in [0.25, 0.3) is 0 Å². The molecule has 0 spiro atoms. The highest BCUT2D eigenvalue weighted by atomic mass is 35.5. The topological polar surface area (TPSA) is 61.4 Å². The standard InChI is InChI=1S/C17H18Cl2N4O/c1-2-3-4-12-15(10-16-20-7-8-21-16)22-23(17(12)24)11-5-6-13(18)14(19)9-11/h5-9,12H,2-4,10H2,1H3,(H,20,21). The number of H-pyrrole nitrogens is 1. The molecule has 0 radical (unpaired) electrons. The zero-order valence-corrected chi connectivity index (χ0v) is 14.8. The van der Waals surface area contributed by atoms with Gasteiger partial charge in [-0.1, -0.05) is 43.0 Å². The summed E-state index contributed by atoms with van der Waals surface area (Å²) in [6, 6.07) is 5.09. The first kappa shape index (κ1) is 17.0. The van der Waals surface area contributed by atoms with Gasteiger partial charge in [-0.15, -0.1) is 0 Å². The molecular weight excluding hydrogens is 347 g/mol. The molecule has 2 aromatic rings. The van der Waals surface area contributed by atoms with Crippen LogP contribution in [0.3, 0.4) is 0 Å². The molecule has 0 aliphatic carbocycles. The van der Waals surface area contributed by atoms with Crippen LogP contribution in [-0.2, 0) is 11.2 Å². The number of nitrogens with one attached hydrogen (secondary N) is 1. The van der Waals surface area contributed by atoms with Gasteiger partial charge in [-0.3, -0.25) is 4.79 Å². The highest BCUT2D eigenvalue weighted by molar-refractivity contribution is 6.42. The van der Waals surface area contributed by atoms with E-state index in [1.165, 1.54) is 5.01 Å². The van der Waals surface area contributed by atoms with Crippen LogP contribution in [0, 0.1) is 5.92 Å². The van der Waals surface area contributed by atoms with Gasteiger partial charge in [-0.2, -0.15) is 5.10 Å². The molecule has 5 nitrogen and oxygen atoms in total. The van der Waals surface area contributed by atoms with Gasteiger partial charge in [0.15, 0.2) is 0 Å². The number of imidazole rings is 1. The third-order valence-corrected chi connectivity index (χ3v) is 4.77. The van der Waals surface area contributed by atoms with E-state index in [1.807, 2.05) is 0 Å². The van der Waals surface area contributed by atoms with Crippen molar-refractivity contribution in [2.75, 3.05) is 5.01 Å². The highest BCUT2D eigenvalue weighted by Crippen LogP contribution is 2.32. The molecule has 1 aliphatic rings. The molecule has 1 aromatic carbocycles.